The number of aryl methyl sites for hydroxylation is 2. The van der Waals surface area contributed by atoms with E-state index < -0.39 is 5.97 Å². The number of hydrogen-bond acceptors (Lipinski definition) is 4. The second kappa shape index (κ2) is 6.29. The Morgan fingerprint density at radius 1 is 1.67 bits per heavy atom. The van der Waals surface area contributed by atoms with Gasteiger partial charge in [-0.3, -0.25) is 4.79 Å². The Balaban J connectivity index is 1.80. The summed E-state index contributed by atoms with van der Waals surface area (Å²) < 4.78 is 0. The fourth-order valence-corrected chi connectivity index (χ4v) is 3.30. The number of carbonyl (C=O) groups is 1. The lowest BCUT2D eigenvalue weighted by Gasteiger charge is -2.27. The zero-order valence-corrected chi connectivity index (χ0v) is 11.5. The topological polar surface area (TPSA) is 62.2 Å². The number of carboxylic acid groups (broad SMARTS) is 1. The Hall–Kier alpha value is -0.940. The van der Waals surface area contributed by atoms with Crippen molar-refractivity contribution in [3.63, 3.8) is 0 Å². The van der Waals surface area contributed by atoms with Gasteiger partial charge in [0.25, 0.3) is 0 Å². The molecule has 0 aliphatic carbocycles. The van der Waals surface area contributed by atoms with Crippen LogP contribution in [0.2, 0.25) is 0 Å². The Labute approximate surface area is 111 Å². The fourth-order valence-electron chi connectivity index (χ4n) is 2.40. The molecule has 100 valence electrons. The number of nitrogens with one attached hydrogen (secondary N) is 1. The van der Waals surface area contributed by atoms with Gasteiger partial charge in [-0.15, -0.1) is 11.3 Å². The van der Waals surface area contributed by atoms with Gasteiger partial charge in [-0.05, 0) is 44.6 Å². The lowest BCUT2D eigenvalue weighted by atomic mass is 9.89. The van der Waals surface area contributed by atoms with E-state index >= 15 is 0 Å². The van der Waals surface area contributed by atoms with Crippen LogP contribution in [0.5, 0.6) is 0 Å². The molecule has 2 rings (SSSR count). The summed E-state index contributed by atoms with van der Waals surface area (Å²) in [5, 5.41) is 15.4. The molecule has 1 aromatic heterocycles. The van der Waals surface area contributed by atoms with Crippen LogP contribution in [0.3, 0.4) is 0 Å². The molecule has 18 heavy (non-hydrogen) atoms. The van der Waals surface area contributed by atoms with E-state index in [0.29, 0.717) is 5.92 Å². The molecule has 2 atom stereocenters. The van der Waals surface area contributed by atoms with E-state index in [1.54, 1.807) is 11.3 Å². The third-order valence-corrected chi connectivity index (χ3v) is 4.50. The molecule has 0 aromatic carbocycles. The summed E-state index contributed by atoms with van der Waals surface area (Å²) in [4.78, 5) is 15.5. The predicted molar refractivity (Wildman–Crippen MR) is 72.0 cm³/mol. The highest BCUT2D eigenvalue weighted by Crippen LogP contribution is 2.23. The summed E-state index contributed by atoms with van der Waals surface area (Å²) in [6.07, 6.45) is 4.87. The number of carboxylic acids is 1. The molecule has 1 fully saturated rings. The van der Waals surface area contributed by atoms with E-state index in [-0.39, 0.29) is 6.04 Å². The first-order chi connectivity index (χ1) is 8.69. The van der Waals surface area contributed by atoms with Gasteiger partial charge in [0.15, 0.2) is 0 Å². The maximum atomic E-state index is 10.9. The molecule has 0 saturated carbocycles. The van der Waals surface area contributed by atoms with Crippen molar-refractivity contribution in [3.8, 4) is 0 Å². The van der Waals surface area contributed by atoms with Gasteiger partial charge < -0.3 is 10.4 Å². The predicted octanol–water partition coefficient (Wildman–Crippen LogP) is 2.09. The fraction of sp³-hybridized carbons (Fsp3) is 0.692. The van der Waals surface area contributed by atoms with Crippen molar-refractivity contribution >= 4 is 17.3 Å². The van der Waals surface area contributed by atoms with E-state index in [2.05, 4.69) is 22.6 Å². The van der Waals surface area contributed by atoms with Crippen LogP contribution < -0.4 is 5.32 Å². The standard InChI is InChI=1S/C13H20N2O2S/c1-2-10-8-18-12(15-10)4-3-9-5-6-14-11(7-9)13(16)17/h8-9,11,14H,2-7H2,1H3,(H,16,17). The van der Waals surface area contributed by atoms with E-state index in [4.69, 9.17) is 5.11 Å². The molecule has 0 bridgehead atoms. The summed E-state index contributed by atoms with van der Waals surface area (Å²) in [5.41, 5.74) is 1.17. The SMILES string of the molecule is CCc1csc(CCC2CCNC(C(=O)O)C2)n1. The van der Waals surface area contributed by atoms with Crippen LogP contribution in [-0.2, 0) is 17.6 Å². The van der Waals surface area contributed by atoms with Crippen molar-refractivity contribution in [2.75, 3.05) is 6.54 Å². The minimum Gasteiger partial charge on any atom is -0.480 e. The van der Waals surface area contributed by atoms with Crippen LogP contribution in [0, 0.1) is 5.92 Å². The number of hydrogen-bond donors (Lipinski definition) is 2. The normalized spacial score (nSPS) is 24.1. The van der Waals surface area contributed by atoms with Crippen LogP contribution in [-0.4, -0.2) is 28.6 Å². The summed E-state index contributed by atoms with van der Waals surface area (Å²) in [5.74, 6) is -0.205. The third-order valence-electron chi connectivity index (χ3n) is 3.54. The van der Waals surface area contributed by atoms with Gasteiger partial charge in [0, 0.05) is 5.38 Å². The molecule has 0 amide bonds. The van der Waals surface area contributed by atoms with E-state index in [0.717, 1.165) is 38.6 Å². The average molecular weight is 268 g/mol. The molecule has 0 radical (unpaired) electrons. The molecule has 1 aliphatic rings. The van der Waals surface area contributed by atoms with Crippen molar-refractivity contribution in [1.82, 2.24) is 10.3 Å². The summed E-state index contributed by atoms with van der Waals surface area (Å²) >= 11 is 1.73. The molecule has 2 unspecified atom stereocenters. The second-order valence-electron chi connectivity index (χ2n) is 4.86. The van der Waals surface area contributed by atoms with Gasteiger partial charge >= 0.3 is 5.97 Å². The average Bonchev–Trinajstić information content (AvgIpc) is 2.84. The first-order valence-corrected chi connectivity index (χ1v) is 7.46. The molecule has 5 heteroatoms. The third kappa shape index (κ3) is 3.53. The number of aliphatic carboxylic acids is 1. The molecule has 2 N–H and O–H groups in total. The lowest BCUT2D eigenvalue weighted by Crippen LogP contribution is -2.43. The summed E-state index contributed by atoms with van der Waals surface area (Å²) in [6.45, 7) is 2.93. The second-order valence-corrected chi connectivity index (χ2v) is 5.80. The zero-order valence-electron chi connectivity index (χ0n) is 10.7. The monoisotopic (exact) mass is 268 g/mol. The molecule has 1 saturated heterocycles. The first kappa shape index (κ1) is 13.5. The van der Waals surface area contributed by atoms with Gasteiger partial charge in [-0.2, -0.15) is 0 Å². The molecule has 4 nitrogen and oxygen atoms in total. The van der Waals surface area contributed by atoms with Crippen molar-refractivity contribution in [2.24, 2.45) is 5.92 Å². The van der Waals surface area contributed by atoms with Crippen LogP contribution in [0.25, 0.3) is 0 Å². The summed E-state index contributed by atoms with van der Waals surface area (Å²) in [6, 6.07) is -0.355. The Kier molecular flexibility index (Phi) is 4.72. The molecule has 2 heterocycles. The zero-order chi connectivity index (χ0) is 13.0. The number of rotatable bonds is 5. The first-order valence-electron chi connectivity index (χ1n) is 6.58. The van der Waals surface area contributed by atoms with E-state index in [9.17, 15) is 4.79 Å². The Bertz CT molecular complexity index is 405. The van der Waals surface area contributed by atoms with Crippen molar-refractivity contribution in [2.45, 2.75) is 45.1 Å². The van der Waals surface area contributed by atoms with E-state index in [1.165, 1.54) is 10.7 Å². The maximum Gasteiger partial charge on any atom is 0.320 e. The van der Waals surface area contributed by atoms with Gasteiger partial charge in [0.05, 0.1) is 10.7 Å². The molecular formula is C13H20N2O2S. The number of thiazole rings is 1. The van der Waals surface area contributed by atoms with Crippen LogP contribution in [0.4, 0.5) is 0 Å². The number of piperidine rings is 1. The van der Waals surface area contributed by atoms with Gasteiger partial charge in [-0.1, -0.05) is 6.92 Å². The molecule has 0 spiro atoms. The van der Waals surface area contributed by atoms with Gasteiger partial charge in [-0.25, -0.2) is 4.98 Å². The minimum atomic E-state index is -0.720. The maximum absolute atomic E-state index is 10.9. The summed E-state index contributed by atoms with van der Waals surface area (Å²) in [7, 11) is 0. The van der Waals surface area contributed by atoms with Crippen LogP contribution in [0.15, 0.2) is 5.38 Å². The Morgan fingerprint density at radius 2 is 2.50 bits per heavy atom. The molecular weight excluding hydrogens is 248 g/mol. The number of aromatic nitrogens is 1. The number of nitrogens with zero attached hydrogens (tertiary/aromatic N) is 1. The smallest absolute Gasteiger partial charge is 0.320 e. The largest absolute Gasteiger partial charge is 0.480 e. The quantitative estimate of drug-likeness (QED) is 0.858. The molecule has 1 aliphatic heterocycles. The van der Waals surface area contributed by atoms with Crippen LogP contribution in [0.1, 0.15) is 36.9 Å². The highest BCUT2D eigenvalue weighted by molar-refractivity contribution is 7.09. The highest BCUT2D eigenvalue weighted by Gasteiger charge is 2.26. The highest BCUT2D eigenvalue weighted by atomic mass is 32.1. The minimum absolute atomic E-state index is 0.355. The lowest BCUT2D eigenvalue weighted by molar-refractivity contribution is -0.140. The van der Waals surface area contributed by atoms with E-state index in [1.807, 2.05) is 0 Å². The van der Waals surface area contributed by atoms with Crippen molar-refractivity contribution in [1.29, 1.82) is 0 Å². The van der Waals surface area contributed by atoms with Gasteiger partial charge in [0.1, 0.15) is 6.04 Å². The Morgan fingerprint density at radius 3 is 3.17 bits per heavy atom. The molecule has 1 aromatic rings. The van der Waals surface area contributed by atoms with Crippen molar-refractivity contribution < 1.29 is 9.90 Å². The van der Waals surface area contributed by atoms with Crippen LogP contribution >= 0.6 is 11.3 Å². The van der Waals surface area contributed by atoms with Gasteiger partial charge in [0.2, 0.25) is 0 Å². The van der Waals surface area contributed by atoms with Crippen molar-refractivity contribution in [3.05, 3.63) is 16.1 Å².